The Morgan fingerprint density at radius 1 is 1.33 bits per heavy atom. The quantitative estimate of drug-likeness (QED) is 0.718. The van der Waals surface area contributed by atoms with Crippen LogP contribution >= 0.6 is 0 Å². The highest BCUT2D eigenvalue weighted by atomic mass is 16.5. The topological polar surface area (TPSA) is 24.5 Å². The van der Waals surface area contributed by atoms with Crippen molar-refractivity contribution in [1.29, 1.82) is 0 Å². The third-order valence-electron chi connectivity index (χ3n) is 3.27. The van der Waals surface area contributed by atoms with Crippen molar-refractivity contribution in [2.45, 2.75) is 26.3 Å². The Morgan fingerprint density at radius 2 is 2.06 bits per heavy atom. The lowest BCUT2D eigenvalue weighted by atomic mass is 10.1. The number of hydrogen-bond donors (Lipinski definition) is 1. The van der Waals surface area contributed by atoms with Gasteiger partial charge in [0.15, 0.2) is 0 Å². The molecule has 1 unspecified atom stereocenters. The summed E-state index contributed by atoms with van der Waals surface area (Å²) in [6.45, 7) is 7.12. The molecule has 3 nitrogen and oxygen atoms in total. The molecular formula is C15H26N2O. The van der Waals surface area contributed by atoms with E-state index < -0.39 is 0 Å². The van der Waals surface area contributed by atoms with Gasteiger partial charge in [0.25, 0.3) is 0 Å². The maximum absolute atomic E-state index is 5.69. The van der Waals surface area contributed by atoms with E-state index in [-0.39, 0.29) is 0 Å². The minimum atomic E-state index is 0.379. The molecule has 0 fully saturated rings. The van der Waals surface area contributed by atoms with Crippen LogP contribution in [0.5, 0.6) is 5.75 Å². The first-order chi connectivity index (χ1) is 8.70. The van der Waals surface area contributed by atoms with Gasteiger partial charge in [0, 0.05) is 11.6 Å². The van der Waals surface area contributed by atoms with E-state index >= 15 is 0 Å². The molecule has 0 aliphatic heterocycles. The summed E-state index contributed by atoms with van der Waals surface area (Å²) in [5.74, 6) is 1.01. The molecule has 102 valence electrons. The van der Waals surface area contributed by atoms with Gasteiger partial charge in [0.2, 0.25) is 0 Å². The number of nitrogens with one attached hydrogen (secondary N) is 1. The van der Waals surface area contributed by atoms with Crippen molar-refractivity contribution >= 4 is 0 Å². The molecule has 1 atom stereocenters. The van der Waals surface area contributed by atoms with E-state index in [0.717, 1.165) is 25.3 Å². The molecule has 0 heterocycles. The average molecular weight is 250 g/mol. The van der Waals surface area contributed by atoms with Crippen molar-refractivity contribution in [3.63, 3.8) is 0 Å². The predicted octanol–water partition coefficient (Wildman–Crippen LogP) is 2.69. The van der Waals surface area contributed by atoms with E-state index in [4.69, 9.17) is 4.74 Å². The third-order valence-corrected chi connectivity index (χ3v) is 3.27. The summed E-state index contributed by atoms with van der Waals surface area (Å²) < 4.78 is 5.69. The Bertz CT molecular complexity index is 341. The van der Waals surface area contributed by atoms with Gasteiger partial charge in [-0.2, -0.15) is 0 Å². The summed E-state index contributed by atoms with van der Waals surface area (Å²) in [4.78, 5) is 2.37. The monoisotopic (exact) mass is 250 g/mol. The average Bonchev–Trinajstić information content (AvgIpc) is 2.39. The molecule has 0 aliphatic rings. The number of benzene rings is 1. The maximum atomic E-state index is 5.69. The number of rotatable bonds is 8. The Labute approximate surface area is 111 Å². The van der Waals surface area contributed by atoms with Crippen molar-refractivity contribution in [2.24, 2.45) is 0 Å². The molecule has 0 saturated heterocycles. The minimum Gasteiger partial charge on any atom is -0.494 e. The fourth-order valence-electron chi connectivity index (χ4n) is 2.05. The van der Waals surface area contributed by atoms with Crippen LogP contribution in [-0.4, -0.2) is 38.7 Å². The van der Waals surface area contributed by atoms with Crippen LogP contribution < -0.4 is 10.1 Å². The lowest BCUT2D eigenvalue weighted by molar-refractivity contribution is 0.247. The summed E-state index contributed by atoms with van der Waals surface area (Å²) in [7, 11) is 4.16. The largest absolute Gasteiger partial charge is 0.494 e. The van der Waals surface area contributed by atoms with Crippen molar-refractivity contribution in [3.05, 3.63) is 29.8 Å². The molecule has 0 aliphatic carbocycles. The van der Waals surface area contributed by atoms with Crippen molar-refractivity contribution in [2.75, 3.05) is 33.8 Å². The first-order valence-electron chi connectivity index (χ1n) is 6.77. The van der Waals surface area contributed by atoms with E-state index in [1.54, 1.807) is 0 Å². The number of ether oxygens (including phenoxy) is 1. The summed E-state index contributed by atoms with van der Waals surface area (Å²) in [5.41, 5.74) is 1.27. The summed E-state index contributed by atoms with van der Waals surface area (Å²) in [6, 6.07) is 8.70. The van der Waals surface area contributed by atoms with E-state index in [1.807, 2.05) is 20.0 Å². The van der Waals surface area contributed by atoms with Crippen LogP contribution in [0.15, 0.2) is 24.3 Å². The van der Waals surface area contributed by atoms with Gasteiger partial charge >= 0.3 is 0 Å². The lowest BCUT2D eigenvalue weighted by Gasteiger charge is -2.26. The summed E-state index contributed by atoms with van der Waals surface area (Å²) >= 11 is 0. The third kappa shape index (κ3) is 4.31. The van der Waals surface area contributed by atoms with Gasteiger partial charge in [-0.25, -0.2) is 0 Å². The zero-order valence-electron chi connectivity index (χ0n) is 12.1. The highest BCUT2D eigenvalue weighted by Crippen LogP contribution is 2.28. The Balaban J connectivity index is 2.66. The Hall–Kier alpha value is -1.06. The van der Waals surface area contributed by atoms with Gasteiger partial charge in [-0.05, 0) is 53.5 Å². The first-order valence-corrected chi connectivity index (χ1v) is 6.77. The number of para-hydroxylation sites is 1. The van der Waals surface area contributed by atoms with Crippen LogP contribution in [0, 0.1) is 0 Å². The van der Waals surface area contributed by atoms with Gasteiger partial charge in [-0.1, -0.05) is 18.2 Å². The predicted molar refractivity (Wildman–Crippen MR) is 77.2 cm³/mol. The van der Waals surface area contributed by atoms with Crippen molar-refractivity contribution in [3.8, 4) is 5.75 Å². The molecular weight excluding hydrogens is 224 g/mol. The molecule has 1 N–H and O–H groups in total. The maximum Gasteiger partial charge on any atom is 0.124 e. The standard InChI is InChI=1S/C15H26N2O/c1-5-18-15-10-7-6-9-14(15)13(2)17(4)12-8-11-16-3/h6-7,9-10,13,16H,5,8,11-12H2,1-4H3. The van der Waals surface area contributed by atoms with Crippen LogP contribution in [0.1, 0.15) is 31.9 Å². The van der Waals surface area contributed by atoms with Gasteiger partial charge in [-0.15, -0.1) is 0 Å². The molecule has 0 aromatic heterocycles. The molecule has 0 radical (unpaired) electrons. The molecule has 0 spiro atoms. The highest BCUT2D eigenvalue weighted by molar-refractivity contribution is 5.35. The minimum absolute atomic E-state index is 0.379. The number of hydrogen-bond acceptors (Lipinski definition) is 3. The Kier molecular flexibility index (Phi) is 6.76. The Morgan fingerprint density at radius 3 is 2.72 bits per heavy atom. The lowest BCUT2D eigenvalue weighted by Crippen LogP contribution is -2.26. The molecule has 0 saturated carbocycles. The van der Waals surface area contributed by atoms with Gasteiger partial charge in [0.05, 0.1) is 6.61 Å². The second-order valence-corrected chi connectivity index (χ2v) is 4.58. The van der Waals surface area contributed by atoms with Crippen molar-refractivity contribution in [1.82, 2.24) is 10.2 Å². The molecule has 1 aromatic rings. The first kappa shape index (κ1) is 15.0. The van der Waals surface area contributed by atoms with E-state index in [1.165, 1.54) is 5.56 Å². The molecule has 1 aromatic carbocycles. The van der Waals surface area contributed by atoms with Crippen LogP contribution in [0.2, 0.25) is 0 Å². The fourth-order valence-corrected chi connectivity index (χ4v) is 2.05. The molecule has 0 amide bonds. The highest BCUT2D eigenvalue weighted by Gasteiger charge is 2.15. The van der Waals surface area contributed by atoms with Crippen molar-refractivity contribution < 1.29 is 4.74 Å². The summed E-state index contributed by atoms with van der Waals surface area (Å²) in [6.07, 6.45) is 1.16. The van der Waals surface area contributed by atoms with Crippen LogP contribution in [-0.2, 0) is 0 Å². The van der Waals surface area contributed by atoms with E-state index in [2.05, 4.69) is 42.4 Å². The second-order valence-electron chi connectivity index (χ2n) is 4.58. The van der Waals surface area contributed by atoms with Gasteiger partial charge in [-0.3, -0.25) is 4.90 Å². The summed E-state index contributed by atoms with van der Waals surface area (Å²) in [5, 5.41) is 3.18. The smallest absolute Gasteiger partial charge is 0.124 e. The normalized spacial score (nSPS) is 12.7. The molecule has 1 rings (SSSR count). The van der Waals surface area contributed by atoms with Gasteiger partial charge < -0.3 is 10.1 Å². The SMILES string of the molecule is CCOc1ccccc1C(C)N(C)CCCNC. The fraction of sp³-hybridized carbons (Fsp3) is 0.600. The second kappa shape index (κ2) is 8.11. The molecule has 18 heavy (non-hydrogen) atoms. The zero-order valence-corrected chi connectivity index (χ0v) is 12.1. The van der Waals surface area contributed by atoms with Crippen LogP contribution in [0.3, 0.4) is 0 Å². The van der Waals surface area contributed by atoms with Crippen LogP contribution in [0.25, 0.3) is 0 Å². The van der Waals surface area contributed by atoms with Crippen LogP contribution in [0.4, 0.5) is 0 Å². The number of nitrogens with zero attached hydrogens (tertiary/aromatic N) is 1. The zero-order chi connectivity index (χ0) is 13.4. The van der Waals surface area contributed by atoms with Gasteiger partial charge in [0.1, 0.15) is 5.75 Å². The van der Waals surface area contributed by atoms with E-state index in [0.29, 0.717) is 12.6 Å². The van der Waals surface area contributed by atoms with E-state index in [9.17, 15) is 0 Å². The molecule has 3 heteroatoms. The molecule has 0 bridgehead atoms.